The van der Waals surface area contributed by atoms with E-state index in [0.717, 1.165) is 25.9 Å². The number of amides is 2. The first-order chi connectivity index (χ1) is 12.6. The molecule has 1 aliphatic heterocycles. The van der Waals surface area contributed by atoms with E-state index in [1.54, 1.807) is 30.3 Å². The van der Waals surface area contributed by atoms with E-state index in [1.165, 1.54) is 0 Å². The van der Waals surface area contributed by atoms with Crippen LogP contribution in [0.1, 0.15) is 47.4 Å². The molecule has 0 atom stereocenters. The molecule has 1 heterocycles. The maximum atomic E-state index is 12.8. The second kappa shape index (κ2) is 8.04. The highest BCUT2D eigenvalue weighted by molar-refractivity contribution is 6.10. The van der Waals surface area contributed by atoms with Crippen LogP contribution in [0, 0.1) is 0 Å². The molecule has 0 spiro atoms. The van der Waals surface area contributed by atoms with Crippen molar-refractivity contribution in [3.8, 4) is 5.75 Å². The fourth-order valence-corrected chi connectivity index (χ4v) is 3.07. The van der Waals surface area contributed by atoms with Crippen molar-refractivity contribution in [1.29, 1.82) is 0 Å². The van der Waals surface area contributed by atoms with Gasteiger partial charge in [-0.3, -0.25) is 9.59 Å². The second-order valence-electron chi connectivity index (χ2n) is 6.66. The SMILES string of the molecule is CC(C)Oc1ccccc1C(=O)Nc1ccccc1C(=O)N1CCCC1. The lowest BCUT2D eigenvalue weighted by atomic mass is 10.1. The van der Waals surface area contributed by atoms with Gasteiger partial charge in [0.2, 0.25) is 0 Å². The van der Waals surface area contributed by atoms with Crippen LogP contribution in [0.4, 0.5) is 5.69 Å². The molecule has 0 saturated carbocycles. The van der Waals surface area contributed by atoms with Crippen molar-refractivity contribution >= 4 is 17.5 Å². The zero-order chi connectivity index (χ0) is 18.5. The van der Waals surface area contributed by atoms with Crippen LogP contribution in [0.2, 0.25) is 0 Å². The van der Waals surface area contributed by atoms with Gasteiger partial charge in [0.25, 0.3) is 11.8 Å². The van der Waals surface area contributed by atoms with Gasteiger partial charge in [-0.15, -0.1) is 0 Å². The molecule has 1 N–H and O–H groups in total. The molecule has 5 nitrogen and oxygen atoms in total. The molecule has 0 bridgehead atoms. The third-order valence-corrected chi connectivity index (χ3v) is 4.29. The Morgan fingerprint density at radius 1 is 0.962 bits per heavy atom. The van der Waals surface area contributed by atoms with E-state index in [2.05, 4.69) is 5.32 Å². The number of hydrogen-bond acceptors (Lipinski definition) is 3. The third kappa shape index (κ3) is 4.04. The molecule has 1 fully saturated rings. The number of hydrogen-bond donors (Lipinski definition) is 1. The lowest BCUT2D eigenvalue weighted by Crippen LogP contribution is -2.28. The smallest absolute Gasteiger partial charge is 0.259 e. The molecule has 1 aliphatic rings. The van der Waals surface area contributed by atoms with Crippen LogP contribution >= 0.6 is 0 Å². The number of carbonyl (C=O) groups is 2. The van der Waals surface area contributed by atoms with Crippen molar-refractivity contribution in [3.05, 3.63) is 59.7 Å². The van der Waals surface area contributed by atoms with Gasteiger partial charge in [0, 0.05) is 13.1 Å². The fourth-order valence-electron chi connectivity index (χ4n) is 3.07. The summed E-state index contributed by atoms with van der Waals surface area (Å²) in [7, 11) is 0. The van der Waals surface area contributed by atoms with E-state index in [-0.39, 0.29) is 17.9 Å². The Morgan fingerprint density at radius 2 is 1.58 bits per heavy atom. The van der Waals surface area contributed by atoms with E-state index in [9.17, 15) is 9.59 Å². The third-order valence-electron chi connectivity index (χ3n) is 4.29. The molecule has 26 heavy (non-hydrogen) atoms. The molecule has 0 aromatic heterocycles. The summed E-state index contributed by atoms with van der Waals surface area (Å²) >= 11 is 0. The molecule has 1 saturated heterocycles. The number of likely N-dealkylation sites (tertiary alicyclic amines) is 1. The number of rotatable bonds is 5. The Morgan fingerprint density at radius 3 is 2.27 bits per heavy atom. The molecule has 0 radical (unpaired) electrons. The first kappa shape index (κ1) is 18.0. The Hall–Kier alpha value is -2.82. The summed E-state index contributed by atoms with van der Waals surface area (Å²) in [5, 5.41) is 2.88. The first-order valence-electron chi connectivity index (χ1n) is 9.01. The van der Waals surface area contributed by atoms with Gasteiger partial charge in [-0.1, -0.05) is 24.3 Å². The number of nitrogens with one attached hydrogen (secondary N) is 1. The van der Waals surface area contributed by atoms with Gasteiger partial charge in [-0.05, 0) is 51.0 Å². The minimum atomic E-state index is -0.289. The molecule has 136 valence electrons. The summed E-state index contributed by atoms with van der Waals surface area (Å²) in [5.74, 6) is 0.205. The van der Waals surface area contributed by atoms with Crippen LogP contribution in [0.3, 0.4) is 0 Å². The van der Waals surface area contributed by atoms with Gasteiger partial charge in [-0.25, -0.2) is 0 Å². The van der Waals surface area contributed by atoms with Gasteiger partial charge < -0.3 is 15.0 Å². The van der Waals surface area contributed by atoms with Crippen molar-refractivity contribution in [2.75, 3.05) is 18.4 Å². The highest BCUT2D eigenvalue weighted by Crippen LogP contribution is 2.24. The second-order valence-corrected chi connectivity index (χ2v) is 6.66. The van der Waals surface area contributed by atoms with Gasteiger partial charge in [-0.2, -0.15) is 0 Å². The number of ether oxygens (including phenoxy) is 1. The molecule has 3 rings (SSSR count). The van der Waals surface area contributed by atoms with E-state index in [4.69, 9.17) is 4.74 Å². The van der Waals surface area contributed by atoms with Crippen LogP contribution in [-0.4, -0.2) is 35.9 Å². The number of para-hydroxylation sites is 2. The van der Waals surface area contributed by atoms with Gasteiger partial charge in [0.15, 0.2) is 0 Å². The number of anilines is 1. The quantitative estimate of drug-likeness (QED) is 0.886. The zero-order valence-electron chi connectivity index (χ0n) is 15.2. The van der Waals surface area contributed by atoms with E-state index >= 15 is 0 Å². The Kier molecular flexibility index (Phi) is 5.56. The average Bonchev–Trinajstić information content (AvgIpc) is 3.16. The maximum Gasteiger partial charge on any atom is 0.259 e. The van der Waals surface area contributed by atoms with Gasteiger partial charge in [0.05, 0.1) is 22.9 Å². The van der Waals surface area contributed by atoms with Crippen molar-refractivity contribution in [2.24, 2.45) is 0 Å². The topological polar surface area (TPSA) is 58.6 Å². The highest BCUT2D eigenvalue weighted by atomic mass is 16.5. The average molecular weight is 352 g/mol. The Balaban J connectivity index is 1.83. The van der Waals surface area contributed by atoms with Crippen molar-refractivity contribution in [2.45, 2.75) is 32.8 Å². The largest absolute Gasteiger partial charge is 0.490 e. The summed E-state index contributed by atoms with van der Waals surface area (Å²) in [4.78, 5) is 27.4. The molecular weight excluding hydrogens is 328 g/mol. The van der Waals surface area contributed by atoms with Crippen molar-refractivity contribution in [3.63, 3.8) is 0 Å². The molecule has 0 aliphatic carbocycles. The van der Waals surface area contributed by atoms with Crippen molar-refractivity contribution < 1.29 is 14.3 Å². The molecule has 2 aromatic carbocycles. The molecule has 2 amide bonds. The molecule has 0 unspecified atom stereocenters. The van der Waals surface area contributed by atoms with Crippen LogP contribution < -0.4 is 10.1 Å². The zero-order valence-corrected chi connectivity index (χ0v) is 15.2. The predicted molar refractivity (Wildman–Crippen MR) is 102 cm³/mol. The van der Waals surface area contributed by atoms with Crippen molar-refractivity contribution in [1.82, 2.24) is 4.90 Å². The maximum absolute atomic E-state index is 12.8. The monoisotopic (exact) mass is 352 g/mol. The summed E-state index contributed by atoms with van der Waals surface area (Å²) in [6.07, 6.45) is 2.02. The highest BCUT2D eigenvalue weighted by Gasteiger charge is 2.23. The predicted octanol–water partition coefficient (Wildman–Crippen LogP) is 3.96. The molecule has 5 heteroatoms. The standard InChI is InChI=1S/C21H24N2O3/c1-15(2)26-19-12-6-4-10-17(19)20(24)22-18-11-5-3-9-16(18)21(25)23-13-7-8-14-23/h3-6,9-12,15H,7-8,13-14H2,1-2H3,(H,22,24). The normalized spacial score (nSPS) is 13.7. The lowest BCUT2D eigenvalue weighted by molar-refractivity contribution is 0.0794. The summed E-state index contributed by atoms with van der Waals surface area (Å²) in [6.45, 7) is 5.37. The number of nitrogens with zero attached hydrogens (tertiary/aromatic N) is 1. The summed E-state index contributed by atoms with van der Waals surface area (Å²) < 4.78 is 5.73. The lowest BCUT2D eigenvalue weighted by Gasteiger charge is -2.18. The minimum Gasteiger partial charge on any atom is -0.490 e. The Bertz CT molecular complexity index is 795. The summed E-state index contributed by atoms with van der Waals surface area (Å²) in [5.41, 5.74) is 1.49. The molecule has 2 aromatic rings. The number of carbonyl (C=O) groups excluding carboxylic acids is 2. The van der Waals surface area contributed by atoms with Crippen LogP contribution in [0.25, 0.3) is 0 Å². The van der Waals surface area contributed by atoms with Gasteiger partial charge >= 0.3 is 0 Å². The van der Waals surface area contributed by atoms with Gasteiger partial charge in [0.1, 0.15) is 5.75 Å². The van der Waals surface area contributed by atoms with Crippen LogP contribution in [0.15, 0.2) is 48.5 Å². The fraction of sp³-hybridized carbons (Fsp3) is 0.333. The number of benzene rings is 2. The van der Waals surface area contributed by atoms with Crippen LogP contribution in [-0.2, 0) is 0 Å². The molecular formula is C21H24N2O3. The van der Waals surface area contributed by atoms with E-state index < -0.39 is 0 Å². The Labute approximate surface area is 154 Å². The van der Waals surface area contributed by atoms with E-state index in [0.29, 0.717) is 22.6 Å². The summed E-state index contributed by atoms with van der Waals surface area (Å²) in [6, 6.07) is 14.3. The first-order valence-corrected chi connectivity index (χ1v) is 9.01. The van der Waals surface area contributed by atoms with Crippen LogP contribution in [0.5, 0.6) is 5.75 Å². The minimum absolute atomic E-state index is 0.0343. The van der Waals surface area contributed by atoms with E-state index in [1.807, 2.05) is 36.9 Å².